The Labute approximate surface area is 160 Å². The summed E-state index contributed by atoms with van der Waals surface area (Å²) in [6.45, 7) is 4.85. The van der Waals surface area contributed by atoms with Crippen molar-refractivity contribution in [1.29, 1.82) is 0 Å². The molecule has 0 N–H and O–H groups in total. The van der Waals surface area contributed by atoms with Crippen LogP contribution in [0.1, 0.15) is 35.1 Å². The number of hydrogen-bond acceptors (Lipinski definition) is 6. The van der Waals surface area contributed by atoms with Crippen LogP contribution in [0, 0.1) is 6.92 Å². The first-order chi connectivity index (χ1) is 13.6. The van der Waals surface area contributed by atoms with Gasteiger partial charge in [0.15, 0.2) is 11.6 Å². The molecular weight excluding hydrogens is 356 g/mol. The van der Waals surface area contributed by atoms with Crippen LogP contribution in [0.2, 0.25) is 0 Å². The molecule has 0 aliphatic carbocycles. The third-order valence-electron chi connectivity index (χ3n) is 4.95. The molecule has 140 valence electrons. The SMILES string of the molecule is Cc1ccn2c(C(=O)N3Cc4nnc(-c5ccccc5)n4[C@@H](C)C3)nnc2n1. The number of carbonyl (C=O) groups excluding carboxylic acids is 1. The number of aromatic nitrogens is 7. The molecule has 0 spiro atoms. The monoisotopic (exact) mass is 374 g/mol. The third-order valence-corrected chi connectivity index (χ3v) is 4.95. The van der Waals surface area contributed by atoms with Crippen molar-refractivity contribution >= 4 is 11.7 Å². The molecule has 9 nitrogen and oxygen atoms in total. The molecule has 1 aromatic carbocycles. The van der Waals surface area contributed by atoms with Crippen LogP contribution < -0.4 is 0 Å². The number of carbonyl (C=O) groups is 1. The first kappa shape index (κ1) is 16.5. The molecule has 0 fully saturated rings. The maximum Gasteiger partial charge on any atom is 0.292 e. The zero-order chi connectivity index (χ0) is 19.3. The predicted octanol–water partition coefficient (Wildman–Crippen LogP) is 1.91. The molecule has 0 unspecified atom stereocenters. The van der Waals surface area contributed by atoms with Gasteiger partial charge in [-0.05, 0) is 19.9 Å². The Morgan fingerprint density at radius 2 is 1.89 bits per heavy atom. The first-order valence-electron chi connectivity index (χ1n) is 9.08. The normalized spacial score (nSPS) is 16.4. The highest BCUT2D eigenvalue weighted by Crippen LogP contribution is 2.27. The van der Waals surface area contributed by atoms with Gasteiger partial charge in [-0.1, -0.05) is 30.3 Å². The van der Waals surface area contributed by atoms with Crippen molar-refractivity contribution in [3.05, 3.63) is 59.9 Å². The molecule has 1 amide bonds. The minimum Gasteiger partial charge on any atom is -0.326 e. The van der Waals surface area contributed by atoms with Gasteiger partial charge in [-0.2, -0.15) is 0 Å². The van der Waals surface area contributed by atoms with Gasteiger partial charge in [-0.15, -0.1) is 20.4 Å². The predicted molar refractivity (Wildman–Crippen MR) is 100 cm³/mol. The Hall–Kier alpha value is -3.62. The molecule has 1 aliphatic rings. The lowest BCUT2D eigenvalue weighted by atomic mass is 10.1. The Morgan fingerprint density at radius 3 is 2.71 bits per heavy atom. The standard InChI is InChI=1S/C19H18N8O/c1-12-8-9-26-17(23-24-19(26)20-12)18(28)25-10-13(2)27-15(11-25)21-22-16(27)14-6-4-3-5-7-14/h3-9,13H,10-11H2,1-2H3/t13-/m0/s1. The molecule has 0 radical (unpaired) electrons. The number of rotatable bonds is 2. The number of amides is 1. The highest BCUT2D eigenvalue weighted by molar-refractivity contribution is 5.91. The number of benzene rings is 1. The largest absolute Gasteiger partial charge is 0.326 e. The van der Waals surface area contributed by atoms with E-state index >= 15 is 0 Å². The molecule has 28 heavy (non-hydrogen) atoms. The van der Waals surface area contributed by atoms with E-state index in [-0.39, 0.29) is 17.8 Å². The van der Waals surface area contributed by atoms with Gasteiger partial charge in [0.25, 0.3) is 11.7 Å². The van der Waals surface area contributed by atoms with Crippen molar-refractivity contribution in [2.24, 2.45) is 0 Å². The fourth-order valence-corrected chi connectivity index (χ4v) is 3.63. The van der Waals surface area contributed by atoms with E-state index in [0.29, 0.717) is 18.9 Å². The van der Waals surface area contributed by atoms with Gasteiger partial charge >= 0.3 is 0 Å². The van der Waals surface area contributed by atoms with Crippen molar-refractivity contribution in [3.8, 4) is 11.4 Å². The van der Waals surface area contributed by atoms with Gasteiger partial charge in [-0.3, -0.25) is 9.20 Å². The Morgan fingerprint density at radius 1 is 1.07 bits per heavy atom. The topological polar surface area (TPSA) is 94.1 Å². The van der Waals surface area contributed by atoms with Crippen molar-refractivity contribution < 1.29 is 4.79 Å². The maximum atomic E-state index is 13.1. The summed E-state index contributed by atoms with van der Waals surface area (Å²) < 4.78 is 3.72. The van der Waals surface area contributed by atoms with E-state index in [0.717, 1.165) is 22.9 Å². The minimum absolute atomic E-state index is 0.0393. The maximum absolute atomic E-state index is 13.1. The summed E-state index contributed by atoms with van der Waals surface area (Å²) in [7, 11) is 0. The van der Waals surface area contributed by atoms with Gasteiger partial charge in [0.05, 0.1) is 12.6 Å². The summed E-state index contributed by atoms with van der Waals surface area (Å²) in [5.74, 6) is 2.06. The van der Waals surface area contributed by atoms with Gasteiger partial charge < -0.3 is 9.47 Å². The van der Waals surface area contributed by atoms with Crippen molar-refractivity contribution in [2.75, 3.05) is 6.54 Å². The zero-order valence-electron chi connectivity index (χ0n) is 15.5. The lowest BCUT2D eigenvalue weighted by Gasteiger charge is -2.32. The average molecular weight is 374 g/mol. The number of fused-ring (bicyclic) bond motifs is 2. The van der Waals surface area contributed by atoms with E-state index in [1.165, 1.54) is 0 Å². The molecule has 1 atom stereocenters. The lowest BCUT2D eigenvalue weighted by molar-refractivity contribution is 0.0668. The number of nitrogens with zero attached hydrogens (tertiary/aromatic N) is 8. The average Bonchev–Trinajstić information content (AvgIpc) is 3.32. The third kappa shape index (κ3) is 2.55. The summed E-state index contributed by atoms with van der Waals surface area (Å²) in [5, 5.41) is 16.8. The molecule has 0 bridgehead atoms. The Balaban J connectivity index is 1.48. The van der Waals surface area contributed by atoms with E-state index in [2.05, 4.69) is 36.9 Å². The van der Waals surface area contributed by atoms with Crippen LogP contribution in [-0.2, 0) is 6.54 Å². The second-order valence-electron chi connectivity index (χ2n) is 6.97. The van der Waals surface area contributed by atoms with E-state index in [9.17, 15) is 4.79 Å². The Bertz CT molecular complexity index is 1180. The lowest BCUT2D eigenvalue weighted by Crippen LogP contribution is -2.41. The molecule has 5 rings (SSSR count). The summed E-state index contributed by atoms with van der Waals surface area (Å²) in [6, 6.07) is 11.8. The fourth-order valence-electron chi connectivity index (χ4n) is 3.63. The number of aryl methyl sites for hydroxylation is 1. The highest BCUT2D eigenvalue weighted by Gasteiger charge is 2.32. The second kappa shape index (κ2) is 6.22. The minimum atomic E-state index is -0.194. The molecule has 0 saturated heterocycles. The molecule has 4 heterocycles. The van der Waals surface area contributed by atoms with Crippen molar-refractivity contribution in [1.82, 2.24) is 39.2 Å². The van der Waals surface area contributed by atoms with Crippen molar-refractivity contribution in [3.63, 3.8) is 0 Å². The highest BCUT2D eigenvalue weighted by atomic mass is 16.2. The molecular formula is C19H18N8O. The fraction of sp³-hybridized carbons (Fsp3) is 0.263. The van der Waals surface area contributed by atoms with Crippen LogP contribution >= 0.6 is 0 Å². The van der Waals surface area contributed by atoms with Crippen LogP contribution in [0.25, 0.3) is 17.2 Å². The van der Waals surface area contributed by atoms with Crippen LogP contribution in [0.4, 0.5) is 0 Å². The van der Waals surface area contributed by atoms with Crippen molar-refractivity contribution in [2.45, 2.75) is 26.4 Å². The summed E-state index contributed by atoms with van der Waals surface area (Å²) in [5.41, 5.74) is 1.84. The van der Waals surface area contributed by atoms with Gasteiger partial charge in [0, 0.05) is 24.0 Å². The quantitative estimate of drug-likeness (QED) is 0.532. The zero-order valence-corrected chi connectivity index (χ0v) is 15.5. The second-order valence-corrected chi connectivity index (χ2v) is 6.97. The number of hydrogen-bond donors (Lipinski definition) is 0. The molecule has 1 aliphatic heterocycles. The van der Waals surface area contributed by atoms with Gasteiger partial charge in [-0.25, -0.2) is 4.98 Å². The van der Waals surface area contributed by atoms with Crippen LogP contribution in [0.15, 0.2) is 42.6 Å². The van der Waals surface area contributed by atoms with Gasteiger partial charge in [0.2, 0.25) is 5.82 Å². The van der Waals surface area contributed by atoms with E-state index in [1.54, 1.807) is 15.5 Å². The van der Waals surface area contributed by atoms with E-state index in [1.807, 2.05) is 43.3 Å². The molecule has 4 aromatic rings. The van der Waals surface area contributed by atoms with Gasteiger partial charge in [0.1, 0.15) is 0 Å². The molecule has 0 saturated carbocycles. The molecule has 3 aromatic heterocycles. The molecule has 9 heteroatoms. The smallest absolute Gasteiger partial charge is 0.292 e. The van der Waals surface area contributed by atoms with Crippen LogP contribution in [-0.4, -0.2) is 51.7 Å². The summed E-state index contributed by atoms with van der Waals surface area (Å²) >= 11 is 0. The first-order valence-corrected chi connectivity index (χ1v) is 9.08. The Kier molecular flexibility index (Phi) is 3.68. The van der Waals surface area contributed by atoms with E-state index < -0.39 is 0 Å². The van der Waals surface area contributed by atoms with Crippen LogP contribution in [0.3, 0.4) is 0 Å². The van der Waals surface area contributed by atoms with E-state index in [4.69, 9.17) is 0 Å². The summed E-state index contributed by atoms with van der Waals surface area (Å²) in [4.78, 5) is 19.1. The van der Waals surface area contributed by atoms with Crippen LogP contribution in [0.5, 0.6) is 0 Å². The summed E-state index contributed by atoms with van der Waals surface area (Å²) in [6.07, 6.45) is 1.77.